The molecule has 1 heterocycles. The van der Waals surface area contributed by atoms with E-state index >= 15 is 0 Å². The Hall–Kier alpha value is -2.59. The Balaban J connectivity index is 1.68. The summed E-state index contributed by atoms with van der Waals surface area (Å²) in [6.07, 6.45) is 4.29. The van der Waals surface area contributed by atoms with Gasteiger partial charge in [0, 0.05) is 50.3 Å². The lowest BCUT2D eigenvalue weighted by atomic mass is 10.1. The highest BCUT2D eigenvalue weighted by atomic mass is 16.5. The van der Waals surface area contributed by atoms with E-state index < -0.39 is 0 Å². The second kappa shape index (κ2) is 9.20. The number of rotatable bonds is 9. The standard InChI is InChI=1S/C22H26N2O2/c1-26-15-7-14-23-22(25)13-12-19-17-24(16-18-8-3-2-4-9-18)21-11-6-5-10-20(19)21/h2-6,8-11,17H,7,12-16H2,1H3,(H,23,25). The molecule has 0 aliphatic heterocycles. The number of aryl methyl sites for hydroxylation is 1. The molecule has 0 unspecified atom stereocenters. The minimum absolute atomic E-state index is 0.0981. The number of benzene rings is 2. The molecule has 1 aromatic heterocycles. The molecule has 3 aromatic rings. The van der Waals surface area contributed by atoms with Gasteiger partial charge in [0.25, 0.3) is 0 Å². The summed E-state index contributed by atoms with van der Waals surface area (Å²) in [5.74, 6) is 0.0981. The van der Waals surface area contributed by atoms with E-state index in [2.05, 4.69) is 64.6 Å². The van der Waals surface area contributed by atoms with Gasteiger partial charge >= 0.3 is 0 Å². The number of para-hydroxylation sites is 1. The Labute approximate surface area is 154 Å². The molecule has 4 nitrogen and oxygen atoms in total. The lowest BCUT2D eigenvalue weighted by molar-refractivity contribution is -0.121. The van der Waals surface area contributed by atoms with E-state index in [1.807, 2.05) is 6.07 Å². The summed E-state index contributed by atoms with van der Waals surface area (Å²) in [4.78, 5) is 12.1. The summed E-state index contributed by atoms with van der Waals surface area (Å²) in [5.41, 5.74) is 3.71. The maximum absolute atomic E-state index is 12.1. The number of carbonyl (C=O) groups excluding carboxylic acids is 1. The lowest BCUT2D eigenvalue weighted by Crippen LogP contribution is -2.25. The zero-order chi connectivity index (χ0) is 18.2. The van der Waals surface area contributed by atoms with Crippen molar-refractivity contribution >= 4 is 16.8 Å². The van der Waals surface area contributed by atoms with Crippen LogP contribution in [0.15, 0.2) is 60.8 Å². The van der Waals surface area contributed by atoms with Crippen molar-refractivity contribution in [3.63, 3.8) is 0 Å². The first-order valence-corrected chi connectivity index (χ1v) is 9.14. The maximum Gasteiger partial charge on any atom is 0.220 e. The Bertz CT molecular complexity index is 840. The summed E-state index contributed by atoms with van der Waals surface area (Å²) in [7, 11) is 1.67. The molecule has 0 saturated heterocycles. The van der Waals surface area contributed by atoms with Crippen molar-refractivity contribution in [2.24, 2.45) is 0 Å². The second-order valence-electron chi connectivity index (χ2n) is 6.48. The molecule has 0 bridgehead atoms. The number of methoxy groups -OCH3 is 1. The van der Waals surface area contributed by atoms with Crippen molar-refractivity contribution in [3.05, 3.63) is 71.9 Å². The smallest absolute Gasteiger partial charge is 0.220 e. The van der Waals surface area contributed by atoms with Gasteiger partial charge in [0.2, 0.25) is 5.91 Å². The molecule has 0 fully saturated rings. The van der Waals surface area contributed by atoms with Gasteiger partial charge in [0.1, 0.15) is 0 Å². The summed E-state index contributed by atoms with van der Waals surface area (Å²) in [6.45, 7) is 2.18. The molecule has 0 atom stereocenters. The van der Waals surface area contributed by atoms with Crippen molar-refractivity contribution in [1.29, 1.82) is 0 Å². The van der Waals surface area contributed by atoms with Gasteiger partial charge < -0.3 is 14.6 Å². The third kappa shape index (κ3) is 4.73. The normalized spacial score (nSPS) is 11.0. The number of hydrogen-bond acceptors (Lipinski definition) is 2. The quantitative estimate of drug-likeness (QED) is 0.597. The highest BCUT2D eigenvalue weighted by Gasteiger charge is 2.10. The van der Waals surface area contributed by atoms with Gasteiger partial charge in [-0.3, -0.25) is 4.79 Å². The molecule has 2 aromatic carbocycles. The van der Waals surface area contributed by atoms with Gasteiger partial charge in [-0.25, -0.2) is 0 Å². The number of hydrogen-bond donors (Lipinski definition) is 1. The van der Waals surface area contributed by atoms with E-state index in [0.717, 1.165) is 19.4 Å². The summed E-state index contributed by atoms with van der Waals surface area (Å²) in [5, 5.41) is 4.19. The highest BCUT2D eigenvalue weighted by molar-refractivity contribution is 5.85. The molecule has 0 saturated carbocycles. The third-order valence-corrected chi connectivity index (χ3v) is 4.54. The number of carbonyl (C=O) groups is 1. The molecule has 136 valence electrons. The summed E-state index contributed by atoms with van der Waals surface area (Å²) in [6, 6.07) is 18.9. The number of aromatic nitrogens is 1. The topological polar surface area (TPSA) is 43.3 Å². The Morgan fingerprint density at radius 2 is 1.85 bits per heavy atom. The van der Waals surface area contributed by atoms with Gasteiger partial charge in [-0.05, 0) is 30.0 Å². The summed E-state index contributed by atoms with van der Waals surface area (Å²) >= 11 is 0. The van der Waals surface area contributed by atoms with Crippen molar-refractivity contribution in [3.8, 4) is 0 Å². The second-order valence-corrected chi connectivity index (χ2v) is 6.48. The molecule has 1 amide bonds. The van der Waals surface area contributed by atoms with Gasteiger partial charge in [-0.15, -0.1) is 0 Å². The van der Waals surface area contributed by atoms with Crippen molar-refractivity contribution < 1.29 is 9.53 Å². The highest BCUT2D eigenvalue weighted by Crippen LogP contribution is 2.23. The minimum Gasteiger partial charge on any atom is -0.385 e. The molecule has 0 aliphatic rings. The fourth-order valence-corrected chi connectivity index (χ4v) is 3.21. The number of nitrogens with zero attached hydrogens (tertiary/aromatic N) is 1. The first-order chi connectivity index (χ1) is 12.8. The van der Waals surface area contributed by atoms with Crippen molar-refractivity contribution in [1.82, 2.24) is 9.88 Å². The molecule has 4 heteroatoms. The van der Waals surface area contributed by atoms with Crippen LogP contribution in [0.4, 0.5) is 0 Å². The van der Waals surface area contributed by atoms with E-state index in [1.54, 1.807) is 7.11 Å². The average Bonchev–Trinajstić information content (AvgIpc) is 3.02. The van der Waals surface area contributed by atoms with Gasteiger partial charge in [0.15, 0.2) is 0 Å². The van der Waals surface area contributed by atoms with Crippen LogP contribution in [0.2, 0.25) is 0 Å². The van der Waals surface area contributed by atoms with Crippen molar-refractivity contribution in [2.45, 2.75) is 25.8 Å². The van der Waals surface area contributed by atoms with Gasteiger partial charge in [-0.1, -0.05) is 48.5 Å². The van der Waals surface area contributed by atoms with Crippen LogP contribution in [0.3, 0.4) is 0 Å². The number of amides is 1. The van der Waals surface area contributed by atoms with Crippen LogP contribution in [0.1, 0.15) is 24.0 Å². The minimum atomic E-state index is 0.0981. The first kappa shape index (κ1) is 18.2. The summed E-state index contributed by atoms with van der Waals surface area (Å²) < 4.78 is 7.27. The lowest BCUT2D eigenvalue weighted by Gasteiger charge is -2.05. The molecular weight excluding hydrogens is 324 g/mol. The average molecular weight is 350 g/mol. The number of nitrogens with one attached hydrogen (secondary N) is 1. The predicted octanol–water partition coefficient (Wildman–Crippen LogP) is 3.77. The van der Waals surface area contributed by atoms with Crippen LogP contribution in [-0.2, 0) is 22.5 Å². The van der Waals surface area contributed by atoms with E-state index in [9.17, 15) is 4.79 Å². The molecule has 0 spiro atoms. The number of ether oxygens (including phenoxy) is 1. The molecule has 1 N–H and O–H groups in total. The van der Waals surface area contributed by atoms with Gasteiger partial charge in [-0.2, -0.15) is 0 Å². The first-order valence-electron chi connectivity index (χ1n) is 9.14. The van der Waals surface area contributed by atoms with Crippen LogP contribution in [0, 0.1) is 0 Å². The monoisotopic (exact) mass is 350 g/mol. The van der Waals surface area contributed by atoms with Gasteiger partial charge in [0.05, 0.1) is 0 Å². The Morgan fingerprint density at radius 3 is 2.65 bits per heavy atom. The van der Waals surface area contributed by atoms with Crippen molar-refractivity contribution in [2.75, 3.05) is 20.3 Å². The van der Waals surface area contributed by atoms with Crippen LogP contribution < -0.4 is 5.32 Å². The van der Waals surface area contributed by atoms with Crippen LogP contribution >= 0.6 is 0 Å². The van der Waals surface area contributed by atoms with Crippen LogP contribution in [0.25, 0.3) is 10.9 Å². The Kier molecular flexibility index (Phi) is 6.45. The van der Waals surface area contributed by atoms with Crippen LogP contribution in [-0.4, -0.2) is 30.7 Å². The van der Waals surface area contributed by atoms with E-state index in [1.165, 1.54) is 22.0 Å². The number of fused-ring (bicyclic) bond motifs is 1. The zero-order valence-electron chi connectivity index (χ0n) is 15.3. The van der Waals surface area contributed by atoms with E-state index in [-0.39, 0.29) is 5.91 Å². The maximum atomic E-state index is 12.1. The third-order valence-electron chi connectivity index (χ3n) is 4.54. The zero-order valence-corrected chi connectivity index (χ0v) is 15.3. The molecule has 26 heavy (non-hydrogen) atoms. The van der Waals surface area contributed by atoms with E-state index in [0.29, 0.717) is 19.6 Å². The fraction of sp³-hybridized carbons (Fsp3) is 0.318. The van der Waals surface area contributed by atoms with Crippen LogP contribution in [0.5, 0.6) is 0 Å². The Morgan fingerprint density at radius 1 is 1.08 bits per heavy atom. The molecule has 3 rings (SSSR count). The molecule has 0 radical (unpaired) electrons. The molecular formula is C22H26N2O2. The predicted molar refractivity (Wildman–Crippen MR) is 105 cm³/mol. The fourth-order valence-electron chi connectivity index (χ4n) is 3.21. The largest absolute Gasteiger partial charge is 0.385 e. The SMILES string of the molecule is COCCCNC(=O)CCc1cn(Cc2ccccc2)c2ccccc12. The van der Waals surface area contributed by atoms with E-state index in [4.69, 9.17) is 4.74 Å². The molecule has 0 aliphatic carbocycles.